The third kappa shape index (κ3) is 2.13. The van der Waals surface area contributed by atoms with E-state index in [0.29, 0.717) is 22.9 Å². The molecular weight excluding hydrogens is 298 g/mol. The summed E-state index contributed by atoms with van der Waals surface area (Å²) in [6.45, 7) is 0. The van der Waals surface area contributed by atoms with Gasteiger partial charge in [-0.25, -0.2) is 0 Å². The van der Waals surface area contributed by atoms with E-state index in [1.807, 2.05) is 23.9 Å². The van der Waals surface area contributed by atoms with Crippen molar-refractivity contribution >= 4 is 11.6 Å². The molecule has 1 aromatic heterocycles. The Morgan fingerprint density at radius 3 is 3.00 bits per heavy atom. The lowest BCUT2D eigenvalue weighted by atomic mass is 9.84. The summed E-state index contributed by atoms with van der Waals surface area (Å²) < 4.78 is 7.26. The summed E-state index contributed by atoms with van der Waals surface area (Å²) in [6.07, 6.45) is 4.79. The van der Waals surface area contributed by atoms with E-state index < -0.39 is 0 Å². The van der Waals surface area contributed by atoms with Crippen LogP contribution in [0.3, 0.4) is 0 Å². The SMILES string of the molecule is COc1ccc(-c2c3c(nn2C)[C@@H]2CCC[C@H](C3)N2)cc1Cl. The van der Waals surface area contributed by atoms with Crippen LogP contribution < -0.4 is 10.1 Å². The minimum Gasteiger partial charge on any atom is -0.495 e. The highest BCUT2D eigenvalue weighted by atomic mass is 35.5. The molecule has 22 heavy (non-hydrogen) atoms. The quantitative estimate of drug-likeness (QED) is 0.921. The molecule has 2 aromatic rings. The molecule has 4 nitrogen and oxygen atoms in total. The maximum Gasteiger partial charge on any atom is 0.137 e. The third-order valence-electron chi connectivity index (χ3n) is 4.86. The molecule has 0 saturated carbocycles. The Morgan fingerprint density at radius 2 is 2.23 bits per heavy atom. The fraction of sp³-hybridized carbons (Fsp3) is 0.471. The molecule has 2 aliphatic rings. The fourth-order valence-electron chi connectivity index (χ4n) is 3.89. The minimum absolute atomic E-state index is 0.413. The second kappa shape index (κ2) is 5.28. The number of piperidine rings is 1. The van der Waals surface area contributed by atoms with Gasteiger partial charge in [0.1, 0.15) is 5.75 Å². The topological polar surface area (TPSA) is 39.1 Å². The van der Waals surface area contributed by atoms with Crippen LogP contribution in [0, 0.1) is 0 Å². The van der Waals surface area contributed by atoms with Crippen molar-refractivity contribution in [3.05, 3.63) is 34.5 Å². The van der Waals surface area contributed by atoms with Crippen molar-refractivity contribution in [3.63, 3.8) is 0 Å². The molecule has 2 aliphatic heterocycles. The number of ether oxygens (including phenoxy) is 1. The zero-order chi connectivity index (χ0) is 15.3. The summed E-state index contributed by atoms with van der Waals surface area (Å²) >= 11 is 6.31. The highest BCUT2D eigenvalue weighted by Gasteiger charge is 2.34. The number of aromatic nitrogens is 2. The predicted molar refractivity (Wildman–Crippen MR) is 87.4 cm³/mol. The standard InChI is InChI=1S/C17H20ClN3O/c1-21-17(10-6-7-15(22-2)13(18)8-10)12-9-11-4-3-5-14(19-11)16(12)20-21/h6-8,11,14,19H,3-5,9H2,1-2H3/t11-,14+/m1/s1. The monoisotopic (exact) mass is 317 g/mol. The molecule has 1 saturated heterocycles. The zero-order valence-electron chi connectivity index (χ0n) is 12.9. The first-order chi connectivity index (χ1) is 10.7. The van der Waals surface area contributed by atoms with E-state index in [1.165, 1.54) is 36.2 Å². The normalized spacial score (nSPS) is 23.2. The Kier molecular flexibility index (Phi) is 3.39. The first-order valence-corrected chi connectivity index (χ1v) is 8.21. The molecule has 3 heterocycles. The van der Waals surface area contributed by atoms with Crippen molar-refractivity contribution in [2.45, 2.75) is 37.8 Å². The summed E-state index contributed by atoms with van der Waals surface area (Å²) in [5.74, 6) is 0.708. The number of methoxy groups -OCH3 is 1. The molecule has 1 aromatic carbocycles. The zero-order valence-corrected chi connectivity index (χ0v) is 13.7. The van der Waals surface area contributed by atoms with Crippen LogP contribution in [0.4, 0.5) is 0 Å². The number of fused-ring (bicyclic) bond motifs is 4. The predicted octanol–water partition coefficient (Wildman–Crippen LogP) is 3.49. The number of hydrogen-bond donors (Lipinski definition) is 1. The number of halogens is 1. The van der Waals surface area contributed by atoms with Gasteiger partial charge in [0.05, 0.1) is 29.6 Å². The van der Waals surface area contributed by atoms with Gasteiger partial charge in [-0.15, -0.1) is 0 Å². The second-order valence-corrected chi connectivity index (χ2v) is 6.64. The van der Waals surface area contributed by atoms with E-state index >= 15 is 0 Å². The van der Waals surface area contributed by atoms with Gasteiger partial charge < -0.3 is 10.1 Å². The molecule has 0 spiro atoms. The van der Waals surface area contributed by atoms with Gasteiger partial charge in [-0.05, 0) is 43.9 Å². The molecule has 1 N–H and O–H groups in total. The summed E-state index contributed by atoms with van der Waals surface area (Å²) in [4.78, 5) is 0. The lowest BCUT2D eigenvalue weighted by Gasteiger charge is -2.35. The molecule has 4 rings (SSSR count). The van der Waals surface area contributed by atoms with Gasteiger partial charge >= 0.3 is 0 Å². The molecule has 2 atom stereocenters. The van der Waals surface area contributed by atoms with E-state index in [-0.39, 0.29) is 0 Å². The molecule has 2 bridgehead atoms. The highest BCUT2D eigenvalue weighted by molar-refractivity contribution is 6.32. The maximum atomic E-state index is 6.31. The Balaban J connectivity index is 1.83. The Morgan fingerprint density at radius 1 is 1.36 bits per heavy atom. The molecular formula is C17H20ClN3O. The summed E-state index contributed by atoms with van der Waals surface area (Å²) in [7, 11) is 3.66. The van der Waals surface area contributed by atoms with E-state index in [1.54, 1.807) is 7.11 Å². The van der Waals surface area contributed by atoms with Crippen molar-refractivity contribution in [1.29, 1.82) is 0 Å². The Labute approximate surface area is 135 Å². The number of nitrogens with zero attached hydrogens (tertiary/aromatic N) is 2. The molecule has 5 heteroatoms. The smallest absolute Gasteiger partial charge is 0.137 e. The minimum atomic E-state index is 0.413. The fourth-order valence-corrected chi connectivity index (χ4v) is 4.14. The number of nitrogens with one attached hydrogen (secondary N) is 1. The van der Waals surface area contributed by atoms with Gasteiger partial charge in [0.15, 0.2) is 0 Å². The number of aryl methyl sites for hydroxylation is 1. The van der Waals surface area contributed by atoms with Gasteiger partial charge in [0, 0.05) is 24.2 Å². The Bertz CT molecular complexity index is 725. The number of hydrogen-bond acceptors (Lipinski definition) is 3. The molecule has 0 unspecified atom stereocenters. The van der Waals surface area contributed by atoms with Gasteiger partial charge in [-0.2, -0.15) is 5.10 Å². The lowest BCUT2D eigenvalue weighted by molar-refractivity contribution is 0.297. The van der Waals surface area contributed by atoms with E-state index in [9.17, 15) is 0 Å². The third-order valence-corrected chi connectivity index (χ3v) is 5.16. The van der Waals surface area contributed by atoms with Crippen LogP contribution in [0.25, 0.3) is 11.3 Å². The van der Waals surface area contributed by atoms with E-state index in [0.717, 1.165) is 12.0 Å². The summed E-state index contributed by atoms with van der Waals surface area (Å²) in [6, 6.07) is 6.98. The van der Waals surface area contributed by atoms with Crippen LogP contribution in [0.5, 0.6) is 5.75 Å². The molecule has 0 aliphatic carbocycles. The van der Waals surface area contributed by atoms with Crippen LogP contribution in [-0.4, -0.2) is 22.9 Å². The molecule has 0 amide bonds. The van der Waals surface area contributed by atoms with Gasteiger partial charge in [-0.1, -0.05) is 11.6 Å². The van der Waals surface area contributed by atoms with Crippen molar-refractivity contribution < 1.29 is 4.74 Å². The Hall–Kier alpha value is -1.52. The van der Waals surface area contributed by atoms with Crippen molar-refractivity contribution in [2.24, 2.45) is 7.05 Å². The average molecular weight is 318 g/mol. The molecule has 116 valence electrons. The van der Waals surface area contributed by atoms with E-state index in [4.69, 9.17) is 21.4 Å². The first kappa shape index (κ1) is 14.1. The highest BCUT2D eigenvalue weighted by Crippen LogP contribution is 2.39. The largest absolute Gasteiger partial charge is 0.495 e. The first-order valence-electron chi connectivity index (χ1n) is 7.83. The van der Waals surface area contributed by atoms with Crippen LogP contribution in [0.15, 0.2) is 18.2 Å². The van der Waals surface area contributed by atoms with Crippen LogP contribution in [0.2, 0.25) is 5.02 Å². The summed E-state index contributed by atoms with van der Waals surface area (Å²) in [5.41, 5.74) is 4.91. The average Bonchev–Trinajstić information content (AvgIpc) is 2.84. The summed E-state index contributed by atoms with van der Waals surface area (Å²) in [5, 5.41) is 9.15. The van der Waals surface area contributed by atoms with Gasteiger partial charge in [0.25, 0.3) is 0 Å². The maximum absolute atomic E-state index is 6.31. The van der Waals surface area contributed by atoms with Gasteiger partial charge in [-0.3, -0.25) is 4.68 Å². The van der Waals surface area contributed by atoms with Crippen LogP contribution in [-0.2, 0) is 13.5 Å². The lowest BCUT2D eigenvalue weighted by Crippen LogP contribution is -2.42. The van der Waals surface area contributed by atoms with Crippen molar-refractivity contribution in [1.82, 2.24) is 15.1 Å². The second-order valence-electron chi connectivity index (χ2n) is 6.24. The van der Waals surface area contributed by atoms with Crippen LogP contribution >= 0.6 is 11.6 Å². The number of rotatable bonds is 2. The van der Waals surface area contributed by atoms with Crippen LogP contribution in [0.1, 0.15) is 36.6 Å². The van der Waals surface area contributed by atoms with Gasteiger partial charge in [0.2, 0.25) is 0 Å². The number of benzene rings is 1. The van der Waals surface area contributed by atoms with Crippen molar-refractivity contribution in [3.8, 4) is 17.0 Å². The van der Waals surface area contributed by atoms with Crippen molar-refractivity contribution in [2.75, 3.05) is 7.11 Å². The molecule has 0 radical (unpaired) electrons. The van der Waals surface area contributed by atoms with E-state index in [2.05, 4.69) is 11.4 Å². The molecule has 1 fully saturated rings.